The number of nitrogens with one attached hydrogen (secondary N) is 1. The maximum absolute atomic E-state index is 12.3. The van der Waals surface area contributed by atoms with E-state index in [2.05, 4.69) is 5.32 Å². The molecule has 0 spiro atoms. The molecule has 0 bridgehead atoms. The van der Waals surface area contributed by atoms with Gasteiger partial charge in [0.2, 0.25) is 0 Å². The number of halogens is 2. The highest BCUT2D eigenvalue weighted by atomic mass is 35.5. The molecule has 1 N–H and O–H groups in total. The number of amides is 1. The van der Waals surface area contributed by atoms with Crippen LogP contribution in [0.4, 0.5) is 5.69 Å². The van der Waals surface area contributed by atoms with Crippen LogP contribution in [-0.2, 0) is 16.1 Å². The number of para-hydroxylation sites is 1. The molecule has 0 heterocycles. The van der Waals surface area contributed by atoms with E-state index >= 15 is 0 Å². The first-order valence-corrected chi connectivity index (χ1v) is 9.98. The highest BCUT2D eigenvalue weighted by Crippen LogP contribution is 2.30. The largest absolute Gasteiger partial charge is 0.493 e. The van der Waals surface area contributed by atoms with Gasteiger partial charge in [0.15, 0.2) is 18.1 Å². The van der Waals surface area contributed by atoms with E-state index in [9.17, 15) is 9.59 Å². The molecule has 0 unspecified atom stereocenters. The van der Waals surface area contributed by atoms with E-state index in [0.717, 1.165) is 5.56 Å². The molecule has 8 heteroatoms. The molecular weight excluding hydrogens is 441 g/mol. The highest BCUT2D eigenvalue weighted by molar-refractivity contribution is 6.35. The van der Waals surface area contributed by atoms with Crippen LogP contribution in [0.3, 0.4) is 0 Å². The Labute approximate surface area is 189 Å². The normalized spacial score (nSPS) is 10.3. The van der Waals surface area contributed by atoms with Crippen molar-refractivity contribution in [3.8, 4) is 11.5 Å². The van der Waals surface area contributed by atoms with Crippen LogP contribution in [0.25, 0.3) is 0 Å². The van der Waals surface area contributed by atoms with Gasteiger partial charge in [-0.1, -0.05) is 47.5 Å². The maximum Gasteiger partial charge on any atom is 0.338 e. The van der Waals surface area contributed by atoms with Crippen molar-refractivity contribution in [2.45, 2.75) is 6.61 Å². The van der Waals surface area contributed by atoms with Crippen LogP contribution in [0.1, 0.15) is 15.9 Å². The van der Waals surface area contributed by atoms with Crippen molar-refractivity contribution < 1.29 is 23.8 Å². The van der Waals surface area contributed by atoms with Crippen LogP contribution in [0.15, 0.2) is 66.7 Å². The molecule has 0 aliphatic rings. The predicted octanol–water partition coefficient (Wildman–Crippen LogP) is 5.38. The topological polar surface area (TPSA) is 73.9 Å². The molecule has 31 heavy (non-hydrogen) atoms. The quantitative estimate of drug-likeness (QED) is 0.457. The second kappa shape index (κ2) is 10.7. The first kappa shape index (κ1) is 22.5. The lowest BCUT2D eigenvalue weighted by atomic mass is 10.2. The second-order valence-electron chi connectivity index (χ2n) is 6.38. The Bertz CT molecular complexity index is 1070. The van der Waals surface area contributed by atoms with Crippen LogP contribution in [-0.4, -0.2) is 25.6 Å². The monoisotopic (exact) mass is 459 g/mol. The molecule has 3 rings (SSSR count). The van der Waals surface area contributed by atoms with E-state index in [0.29, 0.717) is 27.2 Å². The zero-order valence-electron chi connectivity index (χ0n) is 16.6. The van der Waals surface area contributed by atoms with Crippen LogP contribution < -0.4 is 14.8 Å². The van der Waals surface area contributed by atoms with Gasteiger partial charge in [-0.15, -0.1) is 0 Å². The van der Waals surface area contributed by atoms with Crippen LogP contribution in [0.5, 0.6) is 11.5 Å². The standard InChI is InChI=1S/C23H19Cl2NO5/c1-29-21-11-15(23(28)31-14-22(27)26-18-5-3-2-4-6-18)8-10-20(21)30-13-16-7-9-17(24)12-19(16)25/h2-12H,13-14H2,1H3,(H,26,27). The number of hydrogen-bond donors (Lipinski definition) is 1. The van der Waals surface area contributed by atoms with Gasteiger partial charge in [-0.05, 0) is 42.5 Å². The number of ether oxygens (including phenoxy) is 3. The minimum absolute atomic E-state index is 0.190. The third-order valence-electron chi connectivity index (χ3n) is 4.19. The van der Waals surface area contributed by atoms with Gasteiger partial charge in [0.05, 0.1) is 12.7 Å². The van der Waals surface area contributed by atoms with Gasteiger partial charge in [-0.3, -0.25) is 4.79 Å². The van der Waals surface area contributed by atoms with E-state index in [4.69, 9.17) is 37.4 Å². The second-order valence-corrected chi connectivity index (χ2v) is 7.22. The van der Waals surface area contributed by atoms with E-state index in [1.165, 1.54) is 19.2 Å². The van der Waals surface area contributed by atoms with Gasteiger partial charge in [-0.2, -0.15) is 0 Å². The van der Waals surface area contributed by atoms with Gasteiger partial charge >= 0.3 is 5.97 Å². The molecule has 0 aromatic heterocycles. The van der Waals surface area contributed by atoms with Gasteiger partial charge in [0.1, 0.15) is 6.61 Å². The Morgan fingerprint density at radius 2 is 1.71 bits per heavy atom. The molecule has 6 nitrogen and oxygen atoms in total. The number of carbonyl (C=O) groups excluding carboxylic acids is 2. The number of carbonyl (C=O) groups is 2. The van der Waals surface area contributed by atoms with E-state index in [-0.39, 0.29) is 12.2 Å². The fourth-order valence-corrected chi connectivity index (χ4v) is 3.10. The Morgan fingerprint density at radius 3 is 2.42 bits per heavy atom. The number of esters is 1. The minimum Gasteiger partial charge on any atom is -0.493 e. The molecule has 160 valence electrons. The summed E-state index contributed by atoms with van der Waals surface area (Å²) in [7, 11) is 1.46. The third kappa shape index (κ3) is 6.38. The van der Waals surface area contributed by atoms with Gasteiger partial charge in [-0.25, -0.2) is 4.79 Å². The third-order valence-corrected chi connectivity index (χ3v) is 4.78. The zero-order valence-corrected chi connectivity index (χ0v) is 18.1. The summed E-state index contributed by atoms with van der Waals surface area (Å²) in [5.74, 6) is -0.333. The zero-order chi connectivity index (χ0) is 22.2. The van der Waals surface area contributed by atoms with E-state index < -0.39 is 18.5 Å². The maximum atomic E-state index is 12.3. The Morgan fingerprint density at radius 1 is 0.935 bits per heavy atom. The SMILES string of the molecule is COc1cc(C(=O)OCC(=O)Nc2ccccc2)ccc1OCc1ccc(Cl)cc1Cl. The summed E-state index contributed by atoms with van der Waals surface area (Å²) >= 11 is 12.1. The van der Waals surface area contributed by atoms with E-state index in [1.807, 2.05) is 6.07 Å². The van der Waals surface area contributed by atoms with Crippen LogP contribution in [0.2, 0.25) is 10.0 Å². The van der Waals surface area contributed by atoms with Crippen molar-refractivity contribution >= 4 is 40.8 Å². The Kier molecular flexibility index (Phi) is 7.76. The van der Waals surface area contributed by atoms with Crippen molar-refractivity contribution in [2.24, 2.45) is 0 Å². The predicted molar refractivity (Wildman–Crippen MR) is 119 cm³/mol. The van der Waals surface area contributed by atoms with Gasteiger partial charge in [0.25, 0.3) is 5.91 Å². The number of anilines is 1. The Balaban J connectivity index is 1.59. The lowest BCUT2D eigenvalue weighted by Gasteiger charge is -2.13. The molecule has 3 aromatic carbocycles. The van der Waals surface area contributed by atoms with Crippen molar-refractivity contribution in [1.29, 1.82) is 0 Å². The molecule has 0 atom stereocenters. The van der Waals surface area contributed by atoms with Crippen LogP contribution >= 0.6 is 23.2 Å². The summed E-state index contributed by atoms with van der Waals surface area (Å²) in [5.41, 5.74) is 1.59. The fraction of sp³-hybridized carbons (Fsp3) is 0.130. The molecule has 0 aliphatic heterocycles. The average Bonchev–Trinajstić information content (AvgIpc) is 2.77. The van der Waals surface area contributed by atoms with Crippen molar-refractivity contribution in [2.75, 3.05) is 19.0 Å². The molecule has 0 saturated carbocycles. The molecule has 3 aromatic rings. The first-order chi connectivity index (χ1) is 15.0. The average molecular weight is 460 g/mol. The molecule has 1 amide bonds. The summed E-state index contributed by atoms with van der Waals surface area (Å²) in [6, 6.07) is 18.6. The lowest BCUT2D eigenvalue weighted by Crippen LogP contribution is -2.20. The smallest absolute Gasteiger partial charge is 0.338 e. The van der Waals surface area contributed by atoms with Crippen molar-refractivity contribution in [3.05, 3.63) is 87.9 Å². The summed E-state index contributed by atoms with van der Waals surface area (Å²) < 4.78 is 16.2. The summed E-state index contributed by atoms with van der Waals surface area (Å²) in [4.78, 5) is 24.3. The van der Waals surface area contributed by atoms with Crippen molar-refractivity contribution in [1.82, 2.24) is 0 Å². The summed E-state index contributed by atoms with van der Waals surface area (Å²) in [5, 5.41) is 3.66. The lowest BCUT2D eigenvalue weighted by molar-refractivity contribution is -0.119. The van der Waals surface area contributed by atoms with Gasteiger partial charge in [0, 0.05) is 21.3 Å². The molecule has 0 aliphatic carbocycles. The molecular formula is C23H19Cl2NO5. The number of methoxy groups -OCH3 is 1. The van der Waals surface area contributed by atoms with Crippen LogP contribution in [0, 0.1) is 0 Å². The minimum atomic E-state index is -0.659. The fourth-order valence-electron chi connectivity index (χ4n) is 2.64. The number of hydrogen-bond acceptors (Lipinski definition) is 5. The Hall–Kier alpha value is -3.22. The summed E-state index contributed by atoms with van der Waals surface area (Å²) in [6.07, 6.45) is 0. The highest BCUT2D eigenvalue weighted by Gasteiger charge is 2.15. The number of benzene rings is 3. The molecule has 0 saturated heterocycles. The van der Waals surface area contributed by atoms with E-state index in [1.54, 1.807) is 48.5 Å². The first-order valence-electron chi connectivity index (χ1n) is 9.23. The molecule has 0 radical (unpaired) electrons. The van der Waals surface area contributed by atoms with Crippen molar-refractivity contribution in [3.63, 3.8) is 0 Å². The molecule has 0 fully saturated rings. The van der Waals surface area contributed by atoms with Gasteiger partial charge < -0.3 is 19.5 Å². The number of rotatable bonds is 8. The summed E-state index contributed by atoms with van der Waals surface area (Å²) in [6.45, 7) is -0.223.